The molecule has 5 N–H and O–H groups in total. The third-order valence-electron chi connectivity index (χ3n) is 3.87. The molecule has 5 heteroatoms. The number of hydrogen-bond acceptors (Lipinski definition) is 4. The van der Waals surface area contributed by atoms with Crippen LogP contribution in [0.25, 0.3) is 0 Å². The van der Waals surface area contributed by atoms with Gasteiger partial charge in [-0.05, 0) is 42.5 Å². The molecule has 5 nitrogen and oxygen atoms in total. The SMILES string of the molecule is NC(=O)c1ccc(N)c(NC2CCc3ccccc3C2)n1. The van der Waals surface area contributed by atoms with E-state index in [1.165, 1.54) is 11.1 Å². The predicted molar refractivity (Wildman–Crippen MR) is 83.0 cm³/mol. The van der Waals surface area contributed by atoms with Crippen LogP contribution >= 0.6 is 0 Å². The second kappa shape index (κ2) is 5.44. The van der Waals surface area contributed by atoms with E-state index in [1.54, 1.807) is 12.1 Å². The molecule has 1 heterocycles. The highest BCUT2D eigenvalue weighted by atomic mass is 16.1. The topological polar surface area (TPSA) is 94.0 Å². The lowest BCUT2D eigenvalue weighted by Gasteiger charge is -2.26. The summed E-state index contributed by atoms with van der Waals surface area (Å²) in [5.41, 5.74) is 14.7. The number of nitrogens with one attached hydrogen (secondary N) is 1. The Morgan fingerprint density at radius 2 is 1.95 bits per heavy atom. The average molecular weight is 282 g/mol. The van der Waals surface area contributed by atoms with E-state index in [0.717, 1.165) is 19.3 Å². The molecule has 1 aromatic heterocycles. The summed E-state index contributed by atoms with van der Waals surface area (Å²) < 4.78 is 0. The molecule has 1 unspecified atom stereocenters. The van der Waals surface area contributed by atoms with Crippen molar-refractivity contribution < 1.29 is 4.79 Å². The van der Waals surface area contributed by atoms with Crippen LogP contribution < -0.4 is 16.8 Å². The fourth-order valence-corrected chi connectivity index (χ4v) is 2.74. The lowest BCUT2D eigenvalue weighted by molar-refractivity contribution is 0.0995. The Morgan fingerprint density at radius 1 is 1.19 bits per heavy atom. The Hall–Kier alpha value is -2.56. The maximum Gasteiger partial charge on any atom is 0.267 e. The summed E-state index contributed by atoms with van der Waals surface area (Å²) in [6.07, 6.45) is 2.97. The number of aromatic nitrogens is 1. The fourth-order valence-electron chi connectivity index (χ4n) is 2.74. The van der Waals surface area contributed by atoms with Crippen LogP contribution in [0.4, 0.5) is 11.5 Å². The minimum absolute atomic E-state index is 0.225. The second-order valence-corrected chi connectivity index (χ2v) is 5.35. The number of aryl methyl sites for hydroxylation is 1. The van der Waals surface area contributed by atoms with Crippen LogP contribution in [0, 0.1) is 0 Å². The van der Waals surface area contributed by atoms with E-state index in [2.05, 4.69) is 34.6 Å². The van der Waals surface area contributed by atoms with Gasteiger partial charge < -0.3 is 16.8 Å². The first-order valence-electron chi connectivity index (χ1n) is 7.03. The molecule has 0 saturated heterocycles. The molecule has 0 bridgehead atoms. The van der Waals surface area contributed by atoms with Crippen molar-refractivity contribution in [2.75, 3.05) is 11.1 Å². The number of nitrogens with zero attached hydrogens (tertiary/aromatic N) is 1. The first kappa shape index (κ1) is 13.4. The van der Waals surface area contributed by atoms with Gasteiger partial charge in [0.05, 0.1) is 5.69 Å². The van der Waals surface area contributed by atoms with Gasteiger partial charge in [0, 0.05) is 6.04 Å². The molecule has 1 aliphatic carbocycles. The number of primary amides is 1. The average Bonchev–Trinajstić information content (AvgIpc) is 2.49. The minimum Gasteiger partial charge on any atom is -0.396 e. The summed E-state index contributed by atoms with van der Waals surface area (Å²) in [6, 6.07) is 11.9. The number of anilines is 2. The summed E-state index contributed by atoms with van der Waals surface area (Å²) in [7, 11) is 0. The van der Waals surface area contributed by atoms with E-state index in [9.17, 15) is 4.79 Å². The summed E-state index contributed by atoms with van der Waals surface area (Å²) >= 11 is 0. The van der Waals surface area contributed by atoms with Crippen LogP contribution in [0.1, 0.15) is 28.0 Å². The van der Waals surface area contributed by atoms with Crippen LogP contribution in [0.3, 0.4) is 0 Å². The van der Waals surface area contributed by atoms with Crippen molar-refractivity contribution in [3.05, 3.63) is 53.2 Å². The first-order chi connectivity index (χ1) is 10.1. The molecule has 0 fully saturated rings. The maximum absolute atomic E-state index is 11.2. The third-order valence-corrected chi connectivity index (χ3v) is 3.87. The highest BCUT2D eigenvalue weighted by Crippen LogP contribution is 2.25. The molecular formula is C16H18N4O. The number of rotatable bonds is 3. The van der Waals surface area contributed by atoms with Gasteiger partial charge in [0.2, 0.25) is 0 Å². The van der Waals surface area contributed by atoms with Gasteiger partial charge in [-0.1, -0.05) is 24.3 Å². The zero-order valence-electron chi connectivity index (χ0n) is 11.7. The van der Waals surface area contributed by atoms with Crippen molar-refractivity contribution in [1.29, 1.82) is 0 Å². The van der Waals surface area contributed by atoms with E-state index in [1.807, 2.05) is 0 Å². The zero-order chi connectivity index (χ0) is 14.8. The van der Waals surface area contributed by atoms with Crippen molar-refractivity contribution in [3.8, 4) is 0 Å². The van der Waals surface area contributed by atoms with Gasteiger partial charge in [-0.15, -0.1) is 0 Å². The van der Waals surface area contributed by atoms with Crippen molar-refractivity contribution in [2.24, 2.45) is 5.73 Å². The predicted octanol–water partition coefficient (Wildman–Crippen LogP) is 1.73. The number of amides is 1. The number of nitrogens with two attached hydrogens (primary N) is 2. The molecule has 1 aliphatic rings. The Bertz CT molecular complexity index is 684. The Labute approximate surface area is 123 Å². The van der Waals surface area contributed by atoms with E-state index in [-0.39, 0.29) is 11.7 Å². The largest absolute Gasteiger partial charge is 0.396 e. The molecule has 2 aromatic rings. The van der Waals surface area contributed by atoms with Gasteiger partial charge in [0.15, 0.2) is 0 Å². The first-order valence-corrected chi connectivity index (χ1v) is 7.03. The van der Waals surface area contributed by atoms with Crippen molar-refractivity contribution in [2.45, 2.75) is 25.3 Å². The van der Waals surface area contributed by atoms with Gasteiger partial charge in [-0.25, -0.2) is 4.98 Å². The molecule has 1 aromatic carbocycles. The molecule has 108 valence electrons. The van der Waals surface area contributed by atoms with Crippen LogP contribution in [-0.4, -0.2) is 16.9 Å². The highest BCUT2D eigenvalue weighted by Gasteiger charge is 2.19. The Kier molecular flexibility index (Phi) is 3.48. The zero-order valence-corrected chi connectivity index (χ0v) is 11.7. The monoisotopic (exact) mass is 282 g/mol. The molecule has 21 heavy (non-hydrogen) atoms. The maximum atomic E-state index is 11.2. The van der Waals surface area contributed by atoms with E-state index >= 15 is 0 Å². The number of carbonyl (C=O) groups excluding carboxylic acids is 1. The lowest BCUT2D eigenvalue weighted by Crippen LogP contribution is -2.28. The number of pyridine rings is 1. The highest BCUT2D eigenvalue weighted by molar-refractivity contribution is 5.91. The number of benzene rings is 1. The van der Waals surface area contributed by atoms with E-state index in [0.29, 0.717) is 11.5 Å². The molecule has 0 aliphatic heterocycles. The Balaban J connectivity index is 1.79. The summed E-state index contributed by atoms with van der Waals surface area (Å²) in [4.78, 5) is 15.4. The molecule has 0 saturated carbocycles. The molecular weight excluding hydrogens is 264 g/mol. The van der Waals surface area contributed by atoms with Crippen LogP contribution in [-0.2, 0) is 12.8 Å². The summed E-state index contributed by atoms with van der Waals surface area (Å²) in [6.45, 7) is 0. The lowest BCUT2D eigenvalue weighted by atomic mass is 9.88. The molecule has 0 spiro atoms. The van der Waals surface area contributed by atoms with Crippen LogP contribution in [0.2, 0.25) is 0 Å². The van der Waals surface area contributed by atoms with Gasteiger partial charge in [0.25, 0.3) is 5.91 Å². The fraction of sp³-hybridized carbons (Fsp3) is 0.250. The smallest absolute Gasteiger partial charge is 0.267 e. The van der Waals surface area contributed by atoms with Gasteiger partial charge in [-0.2, -0.15) is 0 Å². The number of nitrogen functional groups attached to an aromatic ring is 1. The van der Waals surface area contributed by atoms with E-state index in [4.69, 9.17) is 11.5 Å². The molecule has 3 rings (SSSR count). The second-order valence-electron chi connectivity index (χ2n) is 5.35. The molecule has 1 atom stereocenters. The number of carbonyl (C=O) groups is 1. The van der Waals surface area contributed by atoms with Gasteiger partial charge in [-0.3, -0.25) is 4.79 Å². The van der Waals surface area contributed by atoms with Gasteiger partial charge in [0.1, 0.15) is 11.5 Å². The van der Waals surface area contributed by atoms with Gasteiger partial charge >= 0.3 is 0 Å². The number of fused-ring (bicyclic) bond motifs is 1. The molecule has 0 radical (unpaired) electrons. The quantitative estimate of drug-likeness (QED) is 0.799. The Morgan fingerprint density at radius 3 is 2.71 bits per heavy atom. The standard InChI is InChI=1S/C16H18N4O/c17-13-7-8-14(15(18)21)20-16(13)19-12-6-5-10-3-1-2-4-11(10)9-12/h1-4,7-8,12H,5-6,9,17H2,(H2,18,21)(H,19,20). The van der Waals surface area contributed by atoms with Crippen LogP contribution in [0.15, 0.2) is 36.4 Å². The van der Waals surface area contributed by atoms with Crippen LogP contribution in [0.5, 0.6) is 0 Å². The number of hydrogen-bond donors (Lipinski definition) is 3. The minimum atomic E-state index is -0.549. The van der Waals surface area contributed by atoms with E-state index < -0.39 is 5.91 Å². The van der Waals surface area contributed by atoms with Crippen molar-refractivity contribution in [3.63, 3.8) is 0 Å². The van der Waals surface area contributed by atoms with Crippen molar-refractivity contribution in [1.82, 2.24) is 4.98 Å². The van der Waals surface area contributed by atoms with Crippen molar-refractivity contribution >= 4 is 17.4 Å². The normalized spacial score (nSPS) is 17.0. The third kappa shape index (κ3) is 2.81. The summed E-state index contributed by atoms with van der Waals surface area (Å²) in [5, 5.41) is 3.34. The molecule has 1 amide bonds. The summed E-state index contributed by atoms with van der Waals surface area (Å²) in [5.74, 6) is -0.0114.